The Kier molecular flexibility index (Phi) is 4.61. The molecule has 2 aliphatic rings. The predicted molar refractivity (Wildman–Crippen MR) is 95.9 cm³/mol. The maximum absolute atomic E-state index is 14.0. The molecule has 0 saturated carbocycles. The van der Waals surface area contributed by atoms with Crippen molar-refractivity contribution in [3.05, 3.63) is 47.3 Å². The molecule has 1 aromatic carbocycles. The molecule has 144 valence electrons. The van der Waals surface area contributed by atoms with Crippen molar-refractivity contribution in [2.24, 2.45) is 0 Å². The molecule has 28 heavy (non-hydrogen) atoms. The van der Waals surface area contributed by atoms with Crippen LogP contribution in [0.1, 0.15) is 11.1 Å². The van der Waals surface area contributed by atoms with Crippen LogP contribution in [0.5, 0.6) is 11.6 Å². The van der Waals surface area contributed by atoms with Crippen molar-refractivity contribution < 1.29 is 23.8 Å². The van der Waals surface area contributed by atoms with Gasteiger partial charge < -0.3 is 24.4 Å². The van der Waals surface area contributed by atoms with E-state index < -0.39 is 11.9 Å². The highest BCUT2D eigenvalue weighted by atomic mass is 19.1. The highest BCUT2D eigenvalue weighted by molar-refractivity contribution is 5.66. The molecule has 0 bridgehead atoms. The number of carboxylic acid groups (broad SMARTS) is 1. The summed E-state index contributed by atoms with van der Waals surface area (Å²) in [6.45, 7) is 1.59. The SMILES string of the molecule is N#Cc1ccc(COc2ccc3c(n2)N2CCN(C(=O)O)CC2CO3)c(F)c1. The van der Waals surface area contributed by atoms with Crippen molar-refractivity contribution >= 4 is 11.9 Å². The van der Waals surface area contributed by atoms with Gasteiger partial charge in [-0.05, 0) is 18.2 Å². The first-order chi connectivity index (χ1) is 13.5. The number of aromatic nitrogens is 1. The number of ether oxygens (including phenoxy) is 2. The fourth-order valence-electron chi connectivity index (χ4n) is 3.34. The van der Waals surface area contributed by atoms with E-state index in [0.717, 1.165) is 0 Å². The third-order valence-corrected chi connectivity index (χ3v) is 4.83. The Bertz CT molecular complexity index is 961. The minimum atomic E-state index is -0.945. The van der Waals surface area contributed by atoms with Crippen LogP contribution in [0, 0.1) is 17.1 Å². The van der Waals surface area contributed by atoms with Crippen LogP contribution in [0.4, 0.5) is 15.0 Å². The number of hydrogen-bond donors (Lipinski definition) is 1. The summed E-state index contributed by atoms with van der Waals surface area (Å²) in [7, 11) is 0. The van der Waals surface area contributed by atoms with Crippen molar-refractivity contribution in [2.45, 2.75) is 12.6 Å². The Morgan fingerprint density at radius 3 is 3.00 bits per heavy atom. The Morgan fingerprint density at radius 2 is 2.25 bits per heavy atom. The lowest BCUT2D eigenvalue weighted by Crippen LogP contribution is -2.58. The number of anilines is 1. The molecule has 2 aliphatic heterocycles. The van der Waals surface area contributed by atoms with Crippen LogP contribution in [-0.2, 0) is 6.61 Å². The standard InChI is InChI=1S/C19H17FN4O4/c20-15-7-12(8-21)1-2-13(15)10-28-17-4-3-16-18(22-17)24-6-5-23(19(25)26)9-14(24)11-27-16/h1-4,7,14H,5-6,9-11H2,(H,25,26). The first kappa shape index (κ1) is 17.9. The largest absolute Gasteiger partial charge is 0.487 e. The molecule has 4 rings (SSSR count). The highest BCUT2D eigenvalue weighted by Gasteiger charge is 2.35. The lowest BCUT2D eigenvalue weighted by molar-refractivity contribution is 0.122. The molecule has 0 spiro atoms. The van der Waals surface area contributed by atoms with Crippen LogP contribution in [-0.4, -0.2) is 53.4 Å². The minimum Gasteiger partial charge on any atom is -0.487 e. The fourth-order valence-corrected chi connectivity index (χ4v) is 3.34. The molecule has 2 aromatic rings. The van der Waals surface area contributed by atoms with E-state index in [1.807, 2.05) is 11.0 Å². The van der Waals surface area contributed by atoms with Gasteiger partial charge in [0.2, 0.25) is 5.88 Å². The number of nitrogens with zero attached hydrogens (tertiary/aromatic N) is 4. The number of hydrogen-bond acceptors (Lipinski definition) is 6. The van der Waals surface area contributed by atoms with E-state index in [2.05, 4.69) is 4.98 Å². The molecule has 1 amide bonds. The zero-order valence-corrected chi connectivity index (χ0v) is 14.8. The van der Waals surface area contributed by atoms with Crippen molar-refractivity contribution in [3.63, 3.8) is 0 Å². The number of carbonyl (C=O) groups is 1. The molecule has 3 heterocycles. The average molecular weight is 384 g/mol. The van der Waals surface area contributed by atoms with Gasteiger partial charge in [-0.1, -0.05) is 6.07 Å². The smallest absolute Gasteiger partial charge is 0.407 e. The quantitative estimate of drug-likeness (QED) is 0.866. The van der Waals surface area contributed by atoms with Gasteiger partial charge in [-0.25, -0.2) is 9.18 Å². The van der Waals surface area contributed by atoms with Crippen molar-refractivity contribution in [1.82, 2.24) is 9.88 Å². The van der Waals surface area contributed by atoms with Crippen LogP contribution in [0.15, 0.2) is 30.3 Å². The molecule has 1 aromatic heterocycles. The predicted octanol–water partition coefficient (Wildman–Crippen LogP) is 2.23. The number of pyridine rings is 1. The zero-order chi connectivity index (χ0) is 19.7. The van der Waals surface area contributed by atoms with E-state index in [1.54, 1.807) is 12.1 Å². The molecule has 0 radical (unpaired) electrons. The van der Waals surface area contributed by atoms with Gasteiger partial charge in [-0.15, -0.1) is 0 Å². The summed E-state index contributed by atoms with van der Waals surface area (Å²) in [6, 6.07) is 9.37. The molecule has 0 aliphatic carbocycles. The van der Waals surface area contributed by atoms with Gasteiger partial charge >= 0.3 is 6.09 Å². The second-order valence-electron chi connectivity index (χ2n) is 6.56. The maximum atomic E-state index is 14.0. The van der Waals surface area contributed by atoms with Gasteiger partial charge in [-0.3, -0.25) is 0 Å². The van der Waals surface area contributed by atoms with E-state index in [0.29, 0.717) is 49.3 Å². The normalized spacial score (nSPS) is 17.8. The number of rotatable bonds is 3. The first-order valence-corrected chi connectivity index (χ1v) is 8.75. The topological polar surface area (TPSA) is 98.9 Å². The molecule has 1 saturated heterocycles. The van der Waals surface area contributed by atoms with Crippen LogP contribution < -0.4 is 14.4 Å². The molecule has 1 fully saturated rings. The van der Waals surface area contributed by atoms with Gasteiger partial charge in [0.15, 0.2) is 11.6 Å². The van der Waals surface area contributed by atoms with Crippen molar-refractivity contribution in [1.29, 1.82) is 5.26 Å². The first-order valence-electron chi connectivity index (χ1n) is 8.75. The van der Waals surface area contributed by atoms with Gasteiger partial charge in [0, 0.05) is 31.3 Å². The number of amides is 1. The second-order valence-corrected chi connectivity index (χ2v) is 6.56. The van der Waals surface area contributed by atoms with Crippen molar-refractivity contribution in [3.8, 4) is 17.7 Å². The van der Waals surface area contributed by atoms with Crippen molar-refractivity contribution in [2.75, 3.05) is 31.1 Å². The molecule has 8 nitrogen and oxygen atoms in total. The third kappa shape index (κ3) is 3.36. The summed E-state index contributed by atoms with van der Waals surface area (Å²) in [4.78, 5) is 19.1. The molecular weight excluding hydrogens is 367 g/mol. The number of benzene rings is 1. The second kappa shape index (κ2) is 7.23. The lowest BCUT2D eigenvalue weighted by atomic mass is 10.1. The van der Waals surface area contributed by atoms with E-state index in [1.165, 1.54) is 23.1 Å². The number of nitriles is 1. The van der Waals surface area contributed by atoms with E-state index >= 15 is 0 Å². The molecule has 9 heteroatoms. The van der Waals surface area contributed by atoms with Crippen LogP contribution in [0.3, 0.4) is 0 Å². The van der Waals surface area contributed by atoms with Gasteiger partial charge in [0.05, 0.1) is 17.7 Å². The van der Waals surface area contributed by atoms with E-state index in [9.17, 15) is 14.3 Å². The summed E-state index contributed by atoms with van der Waals surface area (Å²) < 4.78 is 25.3. The summed E-state index contributed by atoms with van der Waals surface area (Å²) >= 11 is 0. The van der Waals surface area contributed by atoms with E-state index in [-0.39, 0.29) is 18.2 Å². The Labute approximate surface area is 160 Å². The van der Waals surface area contributed by atoms with Gasteiger partial charge in [-0.2, -0.15) is 10.2 Å². The van der Waals surface area contributed by atoms with Crippen LogP contribution in [0.2, 0.25) is 0 Å². The zero-order valence-electron chi connectivity index (χ0n) is 14.8. The summed E-state index contributed by atoms with van der Waals surface area (Å²) in [6.07, 6.45) is -0.945. The lowest BCUT2D eigenvalue weighted by Gasteiger charge is -2.43. The average Bonchev–Trinajstić information content (AvgIpc) is 2.72. The number of piperazine rings is 1. The third-order valence-electron chi connectivity index (χ3n) is 4.83. The van der Waals surface area contributed by atoms with Gasteiger partial charge in [0.1, 0.15) is 19.0 Å². The number of fused-ring (bicyclic) bond motifs is 3. The summed E-state index contributed by atoms with van der Waals surface area (Å²) in [5.74, 6) is 1.01. The number of halogens is 1. The molecular formula is C19H17FN4O4. The summed E-state index contributed by atoms with van der Waals surface area (Å²) in [5, 5.41) is 18.0. The van der Waals surface area contributed by atoms with Gasteiger partial charge in [0.25, 0.3) is 0 Å². The Morgan fingerprint density at radius 1 is 1.39 bits per heavy atom. The highest BCUT2D eigenvalue weighted by Crippen LogP contribution is 2.35. The van der Waals surface area contributed by atoms with E-state index in [4.69, 9.17) is 14.7 Å². The Hall–Kier alpha value is -3.54. The van der Waals surface area contributed by atoms with Crippen LogP contribution in [0.25, 0.3) is 0 Å². The fraction of sp³-hybridized carbons (Fsp3) is 0.316. The molecule has 1 atom stereocenters. The Balaban J connectivity index is 1.49. The molecule has 1 N–H and O–H groups in total. The minimum absolute atomic E-state index is 0.0274. The monoisotopic (exact) mass is 384 g/mol. The maximum Gasteiger partial charge on any atom is 0.407 e. The molecule has 1 unspecified atom stereocenters. The van der Waals surface area contributed by atoms with Crippen LogP contribution >= 0.6 is 0 Å². The summed E-state index contributed by atoms with van der Waals surface area (Å²) in [5.41, 5.74) is 0.569.